The summed E-state index contributed by atoms with van der Waals surface area (Å²) < 4.78 is 10.8. The van der Waals surface area contributed by atoms with Crippen LogP contribution in [0.4, 0.5) is 0 Å². The van der Waals surface area contributed by atoms with Gasteiger partial charge < -0.3 is 14.6 Å². The van der Waals surface area contributed by atoms with Crippen molar-refractivity contribution in [1.82, 2.24) is 0 Å². The van der Waals surface area contributed by atoms with Gasteiger partial charge in [0.15, 0.2) is 0 Å². The van der Waals surface area contributed by atoms with Crippen LogP contribution in [0.1, 0.15) is 114 Å². The number of aryl methyl sites for hydroxylation is 3. The molecule has 1 fully saturated rings. The van der Waals surface area contributed by atoms with E-state index < -0.39 is 17.5 Å². The number of hydrogen-bond acceptors (Lipinski definition) is 5. The van der Waals surface area contributed by atoms with Gasteiger partial charge in [-0.1, -0.05) is 94.3 Å². The Balaban J connectivity index is 1.46. The van der Waals surface area contributed by atoms with E-state index in [1.807, 2.05) is 0 Å². The lowest BCUT2D eigenvalue weighted by atomic mass is 9.77. The second-order valence-corrected chi connectivity index (χ2v) is 13.7. The first-order chi connectivity index (χ1) is 21.5. The van der Waals surface area contributed by atoms with Crippen molar-refractivity contribution < 1.29 is 24.2 Å². The average molecular weight is 617 g/mol. The maximum absolute atomic E-state index is 12.3. The van der Waals surface area contributed by atoms with E-state index in [0.29, 0.717) is 12.0 Å². The van der Waals surface area contributed by atoms with E-state index >= 15 is 0 Å². The third-order valence-corrected chi connectivity index (χ3v) is 9.31. The minimum Gasteiger partial charge on any atom is -0.462 e. The SMILES string of the molecule is C=C(C)C(=O)OCC(CCc1ccc(CCc2ccc(C3CCC(CCCCC)CC3)cc2)cc1)COC(=O)C(=C)C(C)(C)O. The third-order valence-electron chi connectivity index (χ3n) is 9.31. The summed E-state index contributed by atoms with van der Waals surface area (Å²) in [6.45, 7) is 14.3. The Morgan fingerprint density at radius 3 is 1.84 bits per heavy atom. The molecular formula is C40H56O5. The highest BCUT2D eigenvalue weighted by atomic mass is 16.5. The van der Waals surface area contributed by atoms with E-state index in [1.165, 1.54) is 87.5 Å². The van der Waals surface area contributed by atoms with Crippen LogP contribution in [0.25, 0.3) is 0 Å². The van der Waals surface area contributed by atoms with Gasteiger partial charge in [-0.3, -0.25) is 0 Å². The zero-order chi connectivity index (χ0) is 32.8. The van der Waals surface area contributed by atoms with Crippen LogP contribution in [0.2, 0.25) is 0 Å². The van der Waals surface area contributed by atoms with Crippen molar-refractivity contribution >= 4 is 11.9 Å². The molecule has 0 aromatic heterocycles. The lowest BCUT2D eigenvalue weighted by molar-refractivity contribution is -0.145. The summed E-state index contributed by atoms with van der Waals surface area (Å²) in [6.07, 6.45) is 14.4. The molecule has 0 saturated heterocycles. The Morgan fingerprint density at radius 2 is 1.33 bits per heavy atom. The monoisotopic (exact) mass is 616 g/mol. The van der Waals surface area contributed by atoms with E-state index in [0.717, 1.165) is 31.1 Å². The number of benzene rings is 2. The predicted octanol–water partition coefficient (Wildman–Crippen LogP) is 8.86. The molecule has 0 spiro atoms. The molecule has 246 valence electrons. The van der Waals surface area contributed by atoms with Crippen LogP contribution in [0.3, 0.4) is 0 Å². The first-order valence-corrected chi connectivity index (χ1v) is 17.0. The minimum atomic E-state index is -1.36. The molecule has 1 aliphatic carbocycles. The molecule has 3 rings (SSSR count). The highest BCUT2D eigenvalue weighted by Gasteiger charge is 2.26. The molecular weight excluding hydrogens is 560 g/mol. The van der Waals surface area contributed by atoms with Crippen LogP contribution >= 0.6 is 0 Å². The summed E-state index contributed by atoms with van der Waals surface area (Å²) in [5.74, 6) is 0.354. The molecule has 2 aromatic carbocycles. The molecule has 1 aliphatic rings. The van der Waals surface area contributed by atoms with Gasteiger partial charge in [-0.15, -0.1) is 0 Å². The molecule has 1 atom stereocenters. The van der Waals surface area contributed by atoms with Crippen molar-refractivity contribution in [2.24, 2.45) is 11.8 Å². The van der Waals surface area contributed by atoms with Crippen molar-refractivity contribution in [3.63, 3.8) is 0 Å². The largest absolute Gasteiger partial charge is 0.462 e. The Morgan fingerprint density at radius 1 is 0.822 bits per heavy atom. The second-order valence-electron chi connectivity index (χ2n) is 13.7. The summed E-state index contributed by atoms with van der Waals surface area (Å²) in [6, 6.07) is 18.0. The van der Waals surface area contributed by atoms with Crippen molar-refractivity contribution in [3.05, 3.63) is 95.1 Å². The lowest BCUT2D eigenvalue weighted by Gasteiger charge is -2.29. The van der Waals surface area contributed by atoms with Crippen LogP contribution in [0, 0.1) is 11.8 Å². The molecule has 0 aliphatic heterocycles. The smallest absolute Gasteiger partial charge is 0.336 e. The Bertz CT molecular complexity index is 1230. The van der Waals surface area contributed by atoms with Gasteiger partial charge in [0.25, 0.3) is 0 Å². The quantitative estimate of drug-likeness (QED) is 0.103. The van der Waals surface area contributed by atoms with Crippen molar-refractivity contribution in [2.45, 2.75) is 116 Å². The highest BCUT2D eigenvalue weighted by Crippen LogP contribution is 2.37. The number of unbranched alkanes of at least 4 members (excludes halogenated alkanes) is 2. The molecule has 5 nitrogen and oxygen atoms in total. The molecule has 1 saturated carbocycles. The Kier molecular flexibility index (Phi) is 14.6. The normalized spacial score (nSPS) is 17.4. The molecule has 0 heterocycles. The maximum Gasteiger partial charge on any atom is 0.336 e. The van der Waals surface area contributed by atoms with Crippen LogP contribution < -0.4 is 0 Å². The van der Waals surface area contributed by atoms with Gasteiger partial charge in [0.1, 0.15) is 0 Å². The molecule has 0 bridgehead atoms. The number of hydrogen-bond donors (Lipinski definition) is 1. The summed E-state index contributed by atoms with van der Waals surface area (Å²) in [4.78, 5) is 24.3. The topological polar surface area (TPSA) is 72.8 Å². The van der Waals surface area contributed by atoms with Gasteiger partial charge >= 0.3 is 11.9 Å². The first-order valence-electron chi connectivity index (χ1n) is 17.0. The number of ether oxygens (including phenoxy) is 2. The molecule has 0 amide bonds. The third kappa shape index (κ3) is 12.6. The van der Waals surface area contributed by atoms with E-state index in [1.54, 1.807) is 6.92 Å². The van der Waals surface area contributed by atoms with Gasteiger partial charge in [-0.05, 0) is 106 Å². The fourth-order valence-electron chi connectivity index (χ4n) is 6.02. The lowest BCUT2D eigenvalue weighted by Crippen LogP contribution is -2.30. The van der Waals surface area contributed by atoms with E-state index in [2.05, 4.69) is 68.6 Å². The number of carbonyl (C=O) groups excluding carboxylic acids is 2. The van der Waals surface area contributed by atoms with Crippen LogP contribution in [0.15, 0.2) is 72.8 Å². The number of carbonyl (C=O) groups is 2. The Labute approximate surface area is 272 Å². The van der Waals surface area contributed by atoms with Crippen LogP contribution in [-0.2, 0) is 38.3 Å². The zero-order valence-electron chi connectivity index (χ0n) is 28.2. The number of rotatable bonds is 18. The number of aliphatic hydroxyl groups is 1. The second kappa shape index (κ2) is 18.1. The summed E-state index contributed by atoms with van der Waals surface area (Å²) in [7, 11) is 0. The molecule has 45 heavy (non-hydrogen) atoms. The molecule has 1 unspecified atom stereocenters. The van der Waals surface area contributed by atoms with Gasteiger partial charge in [0, 0.05) is 11.5 Å². The van der Waals surface area contributed by atoms with Crippen LogP contribution in [0.5, 0.6) is 0 Å². The minimum absolute atomic E-state index is 0.0119. The molecule has 5 heteroatoms. The van der Waals surface area contributed by atoms with Crippen molar-refractivity contribution in [2.75, 3.05) is 13.2 Å². The zero-order valence-corrected chi connectivity index (χ0v) is 28.2. The van der Waals surface area contributed by atoms with Crippen LogP contribution in [-0.4, -0.2) is 35.9 Å². The predicted molar refractivity (Wildman–Crippen MR) is 183 cm³/mol. The number of esters is 2. The van der Waals surface area contributed by atoms with Crippen molar-refractivity contribution in [1.29, 1.82) is 0 Å². The highest BCUT2D eigenvalue weighted by molar-refractivity contribution is 5.89. The van der Waals surface area contributed by atoms with Gasteiger partial charge in [0.2, 0.25) is 0 Å². The first kappa shape index (κ1) is 36.3. The van der Waals surface area contributed by atoms with Gasteiger partial charge in [0.05, 0.1) is 24.4 Å². The standard InChI is InChI=1S/C40H56O5/c1-7-8-9-10-31-19-23-36(24-20-31)37-25-21-34(22-26-37)16-15-32-11-13-33(14-12-32)17-18-35(27-44-38(41)29(2)3)28-45-39(42)30(4)40(5,6)43/h11-14,21-22,25-26,31,35-36,43H,2,4,7-10,15-20,23-24,27-28H2,1,3,5-6H3. The summed E-state index contributed by atoms with van der Waals surface area (Å²) in [5, 5.41) is 10.1. The van der Waals surface area contributed by atoms with Gasteiger partial charge in [-0.25, -0.2) is 9.59 Å². The van der Waals surface area contributed by atoms with E-state index in [-0.39, 0.29) is 24.7 Å². The van der Waals surface area contributed by atoms with E-state index in [9.17, 15) is 14.7 Å². The fourth-order valence-corrected chi connectivity index (χ4v) is 6.02. The fraction of sp³-hybridized carbons (Fsp3) is 0.550. The summed E-state index contributed by atoms with van der Waals surface area (Å²) in [5.41, 5.74) is 4.31. The molecule has 2 aromatic rings. The summed E-state index contributed by atoms with van der Waals surface area (Å²) >= 11 is 0. The molecule has 1 N–H and O–H groups in total. The maximum atomic E-state index is 12.3. The Hall–Kier alpha value is -3.18. The molecule has 0 radical (unpaired) electrons. The van der Waals surface area contributed by atoms with Crippen molar-refractivity contribution in [3.8, 4) is 0 Å². The van der Waals surface area contributed by atoms with Gasteiger partial charge in [-0.2, -0.15) is 0 Å². The average Bonchev–Trinajstić information content (AvgIpc) is 3.03. The van der Waals surface area contributed by atoms with E-state index in [4.69, 9.17) is 9.47 Å².